The molecule has 20 heavy (non-hydrogen) atoms. The number of hydrogen-bond donors (Lipinski definition) is 0. The van der Waals surface area contributed by atoms with Crippen molar-refractivity contribution in [2.75, 3.05) is 6.54 Å². The van der Waals surface area contributed by atoms with Crippen LogP contribution in [0.3, 0.4) is 0 Å². The molecule has 0 amide bonds. The zero-order valence-corrected chi connectivity index (χ0v) is 11.7. The number of aromatic nitrogens is 3. The van der Waals surface area contributed by atoms with Gasteiger partial charge >= 0.3 is 0 Å². The van der Waals surface area contributed by atoms with Crippen LogP contribution < -0.4 is 0 Å². The number of furan rings is 1. The molecule has 6 heteroatoms. The highest BCUT2D eigenvalue weighted by molar-refractivity contribution is 7.09. The number of nitrogens with zero attached hydrogens (tertiary/aromatic N) is 4. The Labute approximate surface area is 120 Å². The predicted octanol–water partition coefficient (Wildman–Crippen LogP) is 2.62. The molecule has 4 rings (SSSR count). The van der Waals surface area contributed by atoms with E-state index in [1.807, 2.05) is 29.9 Å². The standard InChI is InChI=1S/C14H14N4OS/c1-2-12(19-6-1)11-8-16-13-9-17(4-5-18(11)13)10-14-15-3-7-20-14/h1-3,6-8H,4-5,9-10H2. The summed E-state index contributed by atoms with van der Waals surface area (Å²) in [5, 5.41) is 3.19. The van der Waals surface area contributed by atoms with E-state index in [9.17, 15) is 0 Å². The second-order valence-electron chi connectivity index (χ2n) is 4.83. The number of thiazole rings is 1. The zero-order valence-electron chi connectivity index (χ0n) is 10.9. The lowest BCUT2D eigenvalue weighted by atomic mass is 10.3. The Morgan fingerprint density at radius 3 is 3.10 bits per heavy atom. The van der Waals surface area contributed by atoms with Gasteiger partial charge < -0.3 is 8.98 Å². The van der Waals surface area contributed by atoms with Crippen LogP contribution in [0.25, 0.3) is 11.5 Å². The summed E-state index contributed by atoms with van der Waals surface area (Å²) in [5.41, 5.74) is 1.07. The first-order valence-electron chi connectivity index (χ1n) is 6.59. The van der Waals surface area contributed by atoms with Crippen LogP contribution in [0.2, 0.25) is 0 Å². The van der Waals surface area contributed by atoms with Gasteiger partial charge in [0.25, 0.3) is 0 Å². The SMILES string of the molecule is c1coc(-c2cnc3n2CCN(Cc2nccs2)C3)c1. The maximum absolute atomic E-state index is 5.47. The second kappa shape index (κ2) is 4.88. The van der Waals surface area contributed by atoms with E-state index in [-0.39, 0.29) is 0 Å². The molecule has 0 bridgehead atoms. The molecule has 3 aromatic heterocycles. The number of imidazole rings is 1. The van der Waals surface area contributed by atoms with E-state index in [1.165, 1.54) is 0 Å². The maximum atomic E-state index is 5.47. The molecular formula is C14H14N4OS. The van der Waals surface area contributed by atoms with Gasteiger partial charge in [-0.15, -0.1) is 11.3 Å². The van der Waals surface area contributed by atoms with E-state index in [0.29, 0.717) is 0 Å². The van der Waals surface area contributed by atoms with Gasteiger partial charge in [0.05, 0.1) is 25.5 Å². The molecule has 0 unspecified atom stereocenters. The summed E-state index contributed by atoms with van der Waals surface area (Å²) < 4.78 is 7.72. The van der Waals surface area contributed by atoms with Crippen LogP contribution in [0.15, 0.2) is 40.6 Å². The van der Waals surface area contributed by atoms with Gasteiger partial charge in [0.15, 0.2) is 5.76 Å². The van der Waals surface area contributed by atoms with Crippen LogP contribution in [0.1, 0.15) is 10.8 Å². The Morgan fingerprint density at radius 2 is 2.30 bits per heavy atom. The highest BCUT2D eigenvalue weighted by Gasteiger charge is 2.21. The number of fused-ring (bicyclic) bond motifs is 1. The van der Waals surface area contributed by atoms with Gasteiger partial charge in [-0.25, -0.2) is 9.97 Å². The summed E-state index contributed by atoms with van der Waals surface area (Å²) in [6, 6.07) is 3.89. The molecule has 0 fully saturated rings. The third-order valence-corrected chi connectivity index (χ3v) is 4.32. The quantitative estimate of drug-likeness (QED) is 0.742. The number of hydrogen-bond acceptors (Lipinski definition) is 5. The van der Waals surface area contributed by atoms with Gasteiger partial charge in [-0.05, 0) is 12.1 Å². The molecule has 3 aromatic rings. The number of rotatable bonds is 3. The first-order valence-corrected chi connectivity index (χ1v) is 7.47. The fraction of sp³-hybridized carbons (Fsp3) is 0.286. The minimum absolute atomic E-state index is 0.861. The van der Waals surface area contributed by atoms with Crippen molar-refractivity contribution in [1.29, 1.82) is 0 Å². The van der Waals surface area contributed by atoms with Crippen LogP contribution in [0, 0.1) is 0 Å². The molecule has 0 aromatic carbocycles. The lowest BCUT2D eigenvalue weighted by Crippen LogP contribution is -2.33. The molecule has 0 saturated heterocycles. The predicted molar refractivity (Wildman–Crippen MR) is 76.2 cm³/mol. The van der Waals surface area contributed by atoms with Crippen molar-refractivity contribution in [3.8, 4) is 11.5 Å². The van der Waals surface area contributed by atoms with Gasteiger partial charge in [-0.2, -0.15) is 0 Å². The monoisotopic (exact) mass is 286 g/mol. The molecule has 5 nitrogen and oxygen atoms in total. The van der Waals surface area contributed by atoms with Gasteiger partial charge in [0, 0.05) is 24.7 Å². The van der Waals surface area contributed by atoms with E-state index in [2.05, 4.69) is 19.4 Å². The maximum Gasteiger partial charge on any atom is 0.151 e. The first-order chi connectivity index (χ1) is 9.90. The molecule has 0 N–H and O–H groups in total. The zero-order chi connectivity index (χ0) is 13.4. The lowest BCUT2D eigenvalue weighted by Gasteiger charge is -2.27. The smallest absolute Gasteiger partial charge is 0.151 e. The second-order valence-corrected chi connectivity index (χ2v) is 5.80. The molecule has 0 atom stereocenters. The molecule has 0 aliphatic carbocycles. The third-order valence-electron chi connectivity index (χ3n) is 3.56. The van der Waals surface area contributed by atoms with Crippen molar-refractivity contribution in [1.82, 2.24) is 19.4 Å². The Kier molecular flexibility index (Phi) is 2.90. The van der Waals surface area contributed by atoms with Gasteiger partial charge in [0.1, 0.15) is 16.5 Å². The highest BCUT2D eigenvalue weighted by atomic mass is 32.1. The molecule has 0 spiro atoms. The Hall–Kier alpha value is -1.92. The summed E-state index contributed by atoms with van der Waals surface area (Å²) in [4.78, 5) is 11.3. The first kappa shape index (κ1) is 11.9. The van der Waals surface area contributed by atoms with Gasteiger partial charge in [0.2, 0.25) is 0 Å². The molecule has 0 saturated carbocycles. The molecule has 1 aliphatic rings. The average Bonchev–Trinajstić information content (AvgIpc) is 3.19. The van der Waals surface area contributed by atoms with E-state index in [1.54, 1.807) is 17.6 Å². The third kappa shape index (κ3) is 2.07. The van der Waals surface area contributed by atoms with Crippen LogP contribution >= 0.6 is 11.3 Å². The van der Waals surface area contributed by atoms with E-state index in [0.717, 1.165) is 48.5 Å². The van der Waals surface area contributed by atoms with Crippen molar-refractivity contribution in [2.45, 2.75) is 19.6 Å². The molecule has 1 aliphatic heterocycles. The summed E-state index contributed by atoms with van der Waals surface area (Å²) >= 11 is 1.71. The fourth-order valence-electron chi connectivity index (χ4n) is 2.59. The van der Waals surface area contributed by atoms with E-state index in [4.69, 9.17) is 4.42 Å². The van der Waals surface area contributed by atoms with Crippen molar-refractivity contribution in [2.24, 2.45) is 0 Å². The minimum Gasteiger partial charge on any atom is -0.463 e. The van der Waals surface area contributed by atoms with Gasteiger partial charge in [-0.1, -0.05) is 0 Å². The van der Waals surface area contributed by atoms with Gasteiger partial charge in [-0.3, -0.25) is 4.90 Å². The largest absolute Gasteiger partial charge is 0.463 e. The lowest BCUT2D eigenvalue weighted by molar-refractivity contribution is 0.209. The van der Waals surface area contributed by atoms with Crippen LogP contribution in [0.4, 0.5) is 0 Å². The van der Waals surface area contributed by atoms with Crippen molar-refractivity contribution < 1.29 is 4.42 Å². The van der Waals surface area contributed by atoms with Crippen LogP contribution in [-0.4, -0.2) is 26.0 Å². The average molecular weight is 286 g/mol. The van der Waals surface area contributed by atoms with E-state index >= 15 is 0 Å². The van der Waals surface area contributed by atoms with Crippen molar-refractivity contribution in [3.05, 3.63) is 47.0 Å². The summed E-state index contributed by atoms with van der Waals surface area (Å²) in [6.45, 7) is 3.72. The molecular weight excluding hydrogens is 272 g/mol. The normalized spacial score (nSPS) is 15.4. The Bertz CT molecular complexity index is 687. The molecule has 102 valence electrons. The van der Waals surface area contributed by atoms with Crippen molar-refractivity contribution in [3.63, 3.8) is 0 Å². The van der Waals surface area contributed by atoms with Crippen LogP contribution in [-0.2, 0) is 19.6 Å². The Balaban J connectivity index is 1.56. The topological polar surface area (TPSA) is 47.1 Å². The van der Waals surface area contributed by atoms with Crippen LogP contribution in [0.5, 0.6) is 0 Å². The highest BCUT2D eigenvalue weighted by Crippen LogP contribution is 2.25. The summed E-state index contributed by atoms with van der Waals surface area (Å²) in [7, 11) is 0. The fourth-order valence-corrected chi connectivity index (χ4v) is 3.25. The summed E-state index contributed by atoms with van der Waals surface area (Å²) in [6.07, 6.45) is 5.47. The van der Waals surface area contributed by atoms with Crippen molar-refractivity contribution >= 4 is 11.3 Å². The minimum atomic E-state index is 0.861. The summed E-state index contributed by atoms with van der Waals surface area (Å²) in [5.74, 6) is 1.98. The molecule has 4 heterocycles. The Morgan fingerprint density at radius 1 is 1.30 bits per heavy atom. The van der Waals surface area contributed by atoms with E-state index < -0.39 is 0 Å². The molecule has 0 radical (unpaired) electrons.